The smallest absolute Gasteiger partial charge is 0.129 e. The number of hydrogen-bond acceptors (Lipinski definition) is 13. The summed E-state index contributed by atoms with van der Waals surface area (Å²) < 4.78 is 30.3. The molecular formula is C29H54O12S. The van der Waals surface area contributed by atoms with Crippen LogP contribution in [0.15, 0.2) is 0 Å². The maximum atomic E-state index is 11.7. The van der Waals surface area contributed by atoms with Gasteiger partial charge in [-0.15, -0.1) is 12.6 Å². The SMILES string of the molecule is CCC(C)(C(C)O[C@H]1C(C)OC(S)[C@@H](O)C1O)[C@@H]1OC[C@@H](O)C(OC(C)(CC)C(C)(C)[C@@H]2OC[C@@H](O)C(O)C2O)C1O. The van der Waals surface area contributed by atoms with Gasteiger partial charge in [0, 0.05) is 10.8 Å². The molecule has 12 nitrogen and oxygen atoms in total. The molecule has 42 heavy (non-hydrogen) atoms. The average molecular weight is 627 g/mol. The Labute approximate surface area is 254 Å². The third-order valence-electron chi connectivity index (χ3n) is 10.6. The molecule has 0 aromatic rings. The Morgan fingerprint density at radius 1 is 0.762 bits per heavy atom. The zero-order valence-corrected chi connectivity index (χ0v) is 26.9. The first-order chi connectivity index (χ1) is 19.4. The van der Waals surface area contributed by atoms with Crippen molar-refractivity contribution in [3.63, 3.8) is 0 Å². The van der Waals surface area contributed by atoms with E-state index in [-0.39, 0.29) is 13.2 Å². The summed E-state index contributed by atoms with van der Waals surface area (Å²) >= 11 is 4.18. The Hall–Kier alpha value is -0.130. The van der Waals surface area contributed by atoms with E-state index in [0.717, 1.165) is 0 Å². The second-order valence-corrected chi connectivity index (χ2v) is 13.8. The lowest BCUT2D eigenvalue weighted by molar-refractivity contribution is -0.303. The minimum atomic E-state index is -1.39. The first-order valence-corrected chi connectivity index (χ1v) is 15.6. The summed E-state index contributed by atoms with van der Waals surface area (Å²) in [5, 5.41) is 74.8. The van der Waals surface area contributed by atoms with Gasteiger partial charge in [0.25, 0.3) is 0 Å². The quantitative estimate of drug-likeness (QED) is 0.149. The van der Waals surface area contributed by atoms with E-state index in [4.69, 9.17) is 23.7 Å². The third-order valence-corrected chi connectivity index (χ3v) is 11.0. The fourth-order valence-electron chi connectivity index (χ4n) is 6.58. The van der Waals surface area contributed by atoms with E-state index in [9.17, 15) is 35.7 Å². The monoisotopic (exact) mass is 626 g/mol. The Kier molecular flexibility index (Phi) is 11.9. The van der Waals surface area contributed by atoms with Gasteiger partial charge in [0.05, 0.1) is 43.2 Å². The number of thiol groups is 1. The van der Waals surface area contributed by atoms with E-state index in [1.807, 2.05) is 34.6 Å². The van der Waals surface area contributed by atoms with Crippen LogP contribution in [0.5, 0.6) is 0 Å². The van der Waals surface area contributed by atoms with E-state index >= 15 is 0 Å². The van der Waals surface area contributed by atoms with Crippen LogP contribution in [0.1, 0.15) is 68.2 Å². The van der Waals surface area contributed by atoms with Crippen LogP contribution in [0.3, 0.4) is 0 Å². The standard InChI is InChI=1S/C29H54O12S/c1-9-28(7,14(4)40-22-13(3)39-26(42)20(35)18(22)33)25-21(36)23(16(31)12-38-25)41-29(8,10-2)27(5,6)24-19(34)17(32)15(30)11-37-24/h13-26,30-36,42H,9-12H2,1-8H3/t13?,14?,15-,16-,17?,18?,19?,20+,21?,22+,23?,24-,25-,26?,28?,29?/m1/s1. The van der Waals surface area contributed by atoms with E-state index < -0.39 is 101 Å². The molecule has 3 aliphatic rings. The first kappa shape index (κ1) is 36.3. The molecule has 248 valence electrons. The van der Waals surface area contributed by atoms with E-state index in [0.29, 0.717) is 12.8 Å². The number of aliphatic hydroxyl groups excluding tert-OH is 7. The Bertz CT molecular complexity index is 882. The van der Waals surface area contributed by atoms with Crippen molar-refractivity contribution in [1.29, 1.82) is 0 Å². The summed E-state index contributed by atoms with van der Waals surface area (Å²) in [5.41, 5.74) is -3.70. The van der Waals surface area contributed by atoms with Crippen molar-refractivity contribution in [1.82, 2.24) is 0 Å². The molecule has 13 heteroatoms. The van der Waals surface area contributed by atoms with Gasteiger partial charge in [0.15, 0.2) is 0 Å². The normalized spacial score (nSPS) is 45.6. The van der Waals surface area contributed by atoms with Crippen LogP contribution in [-0.2, 0) is 23.7 Å². The molecule has 3 saturated heterocycles. The van der Waals surface area contributed by atoms with Gasteiger partial charge in [0.2, 0.25) is 0 Å². The molecule has 0 radical (unpaired) electrons. The zero-order valence-electron chi connectivity index (χ0n) is 26.0. The maximum absolute atomic E-state index is 11.7. The largest absolute Gasteiger partial charge is 0.388 e. The van der Waals surface area contributed by atoms with Crippen molar-refractivity contribution < 1.29 is 59.4 Å². The molecule has 3 aliphatic heterocycles. The summed E-state index contributed by atoms with van der Waals surface area (Å²) in [6.07, 6.45) is -12.9. The van der Waals surface area contributed by atoms with Gasteiger partial charge in [0.1, 0.15) is 60.4 Å². The lowest BCUT2D eigenvalue weighted by atomic mass is 9.67. The molecule has 16 atom stereocenters. The predicted molar refractivity (Wildman–Crippen MR) is 155 cm³/mol. The van der Waals surface area contributed by atoms with Crippen molar-refractivity contribution in [2.24, 2.45) is 10.8 Å². The lowest BCUT2D eigenvalue weighted by Crippen LogP contribution is -2.67. The molecule has 0 spiro atoms. The molecule has 0 aliphatic carbocycles. The molecule has 7 N–H and O–H groups in total. The van der Waals surface area contributed by atoms with Crippen LogP contribution in [-0.4, -0.2) is 139 Å². The van der Waals surface area contributed by atoms with E-state index in [2.05, 4.69) is 12.6 Å². The highest BCUT2D eigenvalue weighted by Gasteiger charge is 2.58. The number of aliphatic hydroxyl groups is 7. The molecule has 0 amide bonds. The fourth-order valence-corrected chi connectivity index (χ4v) is 6.95. The highest BCUT2D eigenvalue weighted by Crippen LogP contribution is 2.47. The van der Waals surface area contributed by atoms with Crippen molar-refractivity contribution in [2.75, 3.05) is 13.2 Å². The first-order valence-electron chi connectivity index (χ1n) is 15.0. The van der Waals surface area contributed by atoms with Crippen LogP contribution in [0, 0.1) is 10.8 Å². The average Bonchev–Trinajstić information content (AvgIpc) is 2.94. The molecule has 0 saturated carbocycles. The molecular weight excluding hydrogens is 572 g/mol. The molecule has 3 heterocycles. The molecule has 0 bridgehead atoms. The fraction of sp³-hybridized carbons (Fsp3) is 1.00. The maximum Gasteiger partial charge on any atom is 0.129 e. The lowest BCUT2D eigenvalue weighted by Gasteiger charge is -2.55. The highest BCUT2D eigenvalue weighted by atomic mass is 32.1. The van der Waals surface area contributed by atoms with E-state index in [1.54, 1.807) is 20.8 Å². The molecule has 10 unspecified atom stereocenters. The Morgan fingerprint density at radius 3 is 1.90 bits per heavy atom. The van der Waals surface area contributed by atoms with Crippen LogP contribution in [0.2, 0.25) is 0 Å². The third kappa shape index (κ3) is 6.55. The van der Waals surface area contributed by atoms with Crippen molar-refractivity contribution in [3.8, 4) is 0 Å². The van der Waals surface area contributed by atoms with Gasteiger partial charge in [-0.25, -0.2) is 0 Å². The van der Waals surface area contributed by atoms with Crippen LogP contribution in [0.4, 0.5) is 0 Å². The summed E-state index contributed by atoms with van der Waals surface area (Å²) in [7, 11) is 0. The Balaban J connectivity index is 1.84. The van der Waals surface area contributed by atoms with Gasteiger partial charge >= 0.3 is 0 Å². The van der Waals surface area contributed by atoms with E-state index in [1.165, 1.54) is 0 Å². The highest BCUT2D eigenvalue weighted by molar-refractivity contribution is 7.80. The van der Waals surface area contributed by atoms with Crippen LogP contribution < -0.4 is 0 Å². The minimum Gasteiger partial charge on any atom is -0.388 e. The minimum absolute atomic E-state index is 0.117. The second-order valence-electron chi connectivity index (χ2n) is 13.3. The van der Waals surface area contributed by atoms with Gasteiger partial charge in [-0.1, -0.05) is 34.6 Å². The summed E-state index contributed by atoms with van der Waals surface area (Å²) in [5.74, 6) is 0. The second kappa shape index (κ2) is 13.7. The summed E-state index contributed by atoms with van der Waals surface area (Å²) in [4.78, 5) is 0. The molecule has 0 aromatic heterocycles. The van der Waals surface area contributed by atoms with Crippen LogP contribution in [0.25, 0.3) is 0 Å². The summed E-state index contributed by atoms with van der Waals surface area (Å²) in [6, 6.07) is 0. The Morgan fingerprint density at radius 2 is 1.33 bits per heavy atom. The predicted octanol–water partition coefficient (Wildman–Crippen LogP) is -0.245. The van der Waals surface area contributed by atoms with Gasteiger partial charge in [-0.05, 0) is 33.6 Å². The van der Waals surface area contributed by atoms with Crippen molar-refractivity contribution >= 4 is 12.6 Å². The van der Waals surface area contributed by atoms with Crippen molar-refractivity contribution in [3.05, 3.63) is 0 Å². The van der Waals surface area contributed by atoms with Crippen LogP contribution >= 0.6 is 12.6 Å². The molecule has 0 aromatic carbocycles. The number of hydrogen-bond donors (Lipinski definition) is 8. The van der Waals surface area contributed by atoms with Gasteiger partial charge < -0.3 is 59.4 Å². The van der Waals surface area contributed by atoms with Gasteiger partial charge in [-0.3, -0.25) is 0 Å². The zero-order chi connectivity index (χ0) is 31.9. The number of rotatable bonds is 10. The molecule has 3 fully saturated rings. The topological polar surface area (TPSA) is 188 Å². The summed E-state index contributed by atoms with van der Waals surface area (Å²) in [6.45, 7) is 14.4. The molecule has 3 rings (SSSR count). The van der Waals surface area contributed by atoms with Crippen molar-refractivity contribution in [2.45, 2.75) is 159 Å². The van der Waals surface area contributed by atoms with Gasteiger partial charge in [-0.2, -0.15) is 0 Å². The number of ether oxygens (including phenoxy) is 5.